The summed E-state index contributed by atoms with van der Waals surface area (Å²) in [5.41, 5.74) is 3.61. The molecule has 0 aliphatic carbocycles. The van der Waals surface area contributed by atoms with E-state index in [2.05, 4.69) is 41.8 Å². The maximum atomic E-state index is 13.6. The Kier molecular flexibility index (Phi) is 3.19. The highest BCUT2D eigenvalue weighted by Crippen LogP contribution is 2.31. The number of aromatic amines is 1. The van der Waals surface area contributed by atoms with Gasteiger partial charge in [0.25, 0.3) is 0 Å². The highest BCUT2D eigenvalue weighted by Gasteiger charge is 2.12. The van der Waals surface area contributed by atoms with Gasteiger partial charge in [0.05, 0.1) is 15.5 Å². The van der Waals surface area contributed by atoms with Gasteiger partial charge in [-0.2, -0.15) is 0 Å². The summed E-state index contributed by atoms with van der Waals surface area (Å²) in [6, 6.07) is 8.89. The molecule has 0 radical (unpaired) electrons. The minimum atomic E-state index is -0.296. The number of fused-ring (bicyclic) bond motifs is 1. The Bertz CT molecular complexity index is 780. The lowest BCUT2D eigenvalue weighted by Gasteiger charge is -2.00. The maximum absolute atomic E-state index is 13.6. The third-order valence-electron chi connectivity index (χ3n) is 2.95. The van der Waals surface area contributed by atoms with Crippen LogP contribution in [-0.2, 0) is 0 Å². The van der Waals surface area contributed by atoms with Gasteiger partial charge in [-0.15, -0.1) is 0 Å². The topological polar surface area (TPSA) is 28.7 Å². The van der Waals surface area contributed by atoms with Crippen LogP contribution in [-0.4, -0.2) is 9.97 Å². The predicted octanol–water partition coefficient (Wildman–Crippen LogP) is 5.20. The van der Waals surface area contributed by atoms with Crippen molar-refractivity contribution in [2.75, 3.05) is 0 Å². The number of aryl methyl sites for hydroxylation is 1. The fraction of sp³-hybridized carbons (Fsp3) is 0.0714. The summed E-state index contributed by atoms with van der Waals surface area (Å²) in [6.45, 7) is 2.00. The second-order valence-electron chi connectivity index (χ2n) is 4.31. The lowest BCUT2D eigenvalue weighted by Crippen LogP contribution is -1.85. The quantitative estimate of drug-likeness (QED) is 0.614. The normalized spacial score (nSPS) is 11.2. The molecule has 0 aliphatic heterocycles. The third-order valence-corrected chi connectivity index (χ3v) is 4.21. The molecule has 19 heavy (non-hydrogen) atoms. The van der Waals surface area contributed by atoms with Gasteiger partial charge in [0.2, 0.25) is 0 Å². The summed E-state index contributed by atoms with van der Waals surface area (Å²) < 4.78 is 15.0. The average Bonchev–Trinajstić information content (AvgIpc) is 2.76. The number of hydrogen-bond donors (Lipinski definition) is 1. The van der Waals surface area contributed by atoms with Crippen molar-refractivity contribution in [1.82, 2.24) is 9.97 Å². The molecule has 2 aromatic carbocycles. The first-order valence-electron chi connectivity index (χ1n) is 5.66. The van der Waals surface area contributed by atoms with Gasteiger partial charge in [-0.3, -0.25) is 0 Å². The van der Waals surface area contributed by atoms with Crippen LogP contribution in [0.3, 0.4) is 0 Å². The van der Waals surface area contributed by atoms with Crippen molar-refractivity contribution in [3.63, 3.8) is 0 Å². The van der Waals surface area contributed by atoms with Gasteiger partial charge in [-0.1, -0.05) is 22.0 Å². The first-order valence-corrected chi connectivity index (χ1v) is 7.25. The minimum absolute atomic E-state index is 0.296. The van der Waals surface area contributed by atoms with E-state index in [1.165, 1.54) is 6.07 Å². The molecule has 3 rings (SSSR count). The Morgan fingerprint density at radius 3 is 2.79 bits per heavy atom. The molecule has 0 saturated carbocycles. The molecular weight excluding hydrogens is 375 g/mol. The third kappa shape index (κ3) is 2.21. The number of benzene rings is 2. The van der Waals surface area contributed by atoms with E-state index in [9.17, 15) is 4.39 Å². The molecule has 3 aromatic rings. The summed E-state index contributed by atoms with van der Waals surface area (Å²) in [6.07, 6.45) is 0. The molecule has 0 aliphatic rings. The second kappa shape index (κ2) is 4.72. The van der Waals surface area contributed by atoms with E-state index in [0.717, 1.165) is 21.1 Å². The Hall–Kier alpha value is -1.20. The molecule has 0 saturated heterocycles. The van der Waals surface area contributed by atoms with Crippen molar-refractivity contribution >= 4 is 42.9 Å². The van der Waals surface area contributed by atoms with Crippen molar-refractivity contribution in [3.8, 4) is 11.4 Å². The Labute approximate surface area is 126 Å². The molecule has 0 bridgehead atoms. The van der Waals surface area contributed by atoms with E-state index in [1.54, 1.807) is 6.07 Å². The van der Waals surface area contributed by atoms with Gasteiger partial charge in [0.15, 0.2) is 0 Å². The number of H-pyrrole nitrogens is 1. The zero-order valence-electron chi connectivity index (χ0n) is 9.97. The lowest BCUT2D eigenvalue weighted by molar-refractivity contribution is 0.621. The molecule has 1 aromatic heterocycles. The van der Waals surface area contributed by atoms with Crippen molar-refractivity contribution in [3.05, 3.63) is 50.7 Å². The Balaban J connectivity index is 2.26. The van der Waals surface area contributed by atoms with Gasteiger partial charge < -0.3 is 4.98 Å². The van der Waals surface area contributed by atoms with Crippen LogP contribution in [0.25, 0.3) is 22.4 Å². The van der Waals surface area contributed by atoms with Crippen LogP contribution in [0.1, 0.15) is 5.56 Å². The molecule has 0 atom stereocenters. The average molecular weight is 384 g/mol. The van der Waals surface area contributed by atoms with Crippen LogP contribution in [0.5, 0.6) is 0 Å². The fourth-order valence-electron chi connectivity index (χ4n) is 2.06. The van der Waals surface area contributed by atoms with Crippen LogP contribution >= 0.6 is 31.9 Å². The molecule has 0 amide bonds. The standard InChI is InChI=1S/C14H9Br2FN2/c1-7-5-8(15)6-11-13(7)19-14(18-11)9-3-2-4-10(17)12(9)16/h2-6H,1H3,(H,18,19). The molecule has 0 fully saturated rings. The molecule has 5 heteroatoms. The fourth-order valence-corrected chi connectivity index (χ4v) is 3.09. The summed E-state index contributed by atoms with van der Waals surface area (Å²) >= 11 is 6.72. The minimum Gasteiger partial charge on any atom is -0.338 e. The smallest absolute Gasteiger partial charge is 0.139 e. The maximum Gasteiger partial charge on any atom is 0.139 e. The number of nitrogens with one attached hydrogen (secondary N) is 1. The van der Waals surface area contributed by atoms with Crippen molar-refractivity contribution < 1.29 is 4.39 Å². The molecule has 0 spiro atoms. The Morgan fingerprint density at radius 1 is 1.21 bits per heavy atom. The van der Waals surface area contributed by atoms with E-state index in [4.69, 9.17) is 0 Å². The van der Waals surface area contributed by atoms with Gasteiger partial charge in [-0.05, 0) is 52.7 Å². The van der Waals surface area contributed by atoms with Crippen LogP contribution in [0.15, 0.2) is 39.3 Å². The molecule has 96 valence electrons. The van der Waals surface area contributed by atoms with Gasteiger partial charge in [0.1, 0.15) is 11.6 Å². The number of hydrogen-bond acceptors (Lipinski definition) is 1. The first kappa shape index (κ1) is 12.8. The summed E-state index contributed by atoms with van der Waals surface area (Å²) in [5.74, 6) is 0.360. The zero-order valence-corrected chi connectivity index (χ0v) is 13.1. The van der Waals surface area contributed by atoms with E-state index in [1.807, 2.05) is 25.1 Å². The first-order chi connectivity index (χ1) is 9.06. The van der Waals surface area contributed by atoms with Gasteiger partial charge in [-0.25, -0.2) is 9.37 Å². The molecule has 1 heterocycles. The summed E-state index contributed by atoms with van der Waals surface area (Å²) in [4.78, 5) is 7.78. The van der Waals surface area contributed by atoms with E-state index < -0.39 is 0 Å². The highest BCUT2D eigenvalue weighted by molar-refractivity contribution is 9.10. The number of aromatic nitrogens is 2. The number of rotatable bonds is 1. The summed E-state index contributed by atoms with van der Waals surface area (Å²) in [5, 5.41) is 0. The number of imidazole rings is 1. The monoisotopic (exact) mass is 382 g/mol. The van der Waals surface area contributed by atoms with Crippen LogP contribution in [0.4, 0.5) is 4.39 Å². The van der Waals surface area contributed by atoms with Crippen molar-refractivity contribution in [2.45, 2.75) is 6.92 Å². The SMILES string of the molecule is Cc1cc(Br)cc2[nH]c(-c3cccc(F)c3Br)nc12. The second-order valence-corrected chi connectivity index (χ2v) is 6.01. The molecule has 2 nitrogen and oxygen atoms in total. The highest BCUT2D eigenvalue weighted by atomic mass is 79.9. The lowest BCUT2D eigenvalue weighted by atomic mass is 10.2. The summed E-state index contributed by atoms with van der Waals surface area (Å²) in [7, 11) is 0. The van der Waals surface area contributed by atoms with Crippen LogP contribution < -0.4 is 0 Å². The van der Waals surface area contributed by atoms with Crippen LogP contribution in [0.2, 0.25) is 0 Å². The van der Waals surface area contributed by atoms with Crippen LogP contribution in [0, 0.1) is 12.7 Å². The van der Waals surface area contributed by atoms with Gasteiger partial charge in [0, 0.05) is 10.0 Å². The molecule has 1 N–H and O–H groups in total. The Morgan fingerprint density at radius 2 is 2.00 bits per heavy atom. The molecular formula is C14H9Br2FN2. The van der Waals surface area contributed by atoms with E-state index in [0.29, 0.717) is 15.9 Å². The van der Waals surface area contributed by atoms with E-state index in [-0.39, 0.29) is 5.82 Å². The number of halogens is 3. The van der Waals surface area contributed by atoms with Crippen molar-refractivity contribution in [1.29, 1.82) is 0 Å². The zero-order chi connectivity index (χ0) is 13.6. The molecule has 0 unspecified atom stereocenters. The van der Waals surface area contributed by atoms with Gasteiger partial charge >= 0.3 is 0 Å². The largest absolute Gasteiger partial charge is 0.338 e. The predicted molar refractivity (Wildman–Crippen MR) is 81.6 cm³/mol. The van der Waals surface area contributed by atoms with E-state index >= 15 is 0 Å². The van der Waals surface area contributed by atoms with Crippen molar-refractivity contribution in [2.24, 2.45) is 0 Å². The number of nitrogens with zero attached hydrogens (tertiary/aromatic N) is 1.